The Morgan fingerprint density at radius 3 is 1.83 bits per heavy atom. The van der Waals surface area contributed by atoms with Crippen molar-refractivity contribution in [2.24, 2.45) is 10.8 Å². The van der Waals surface area contributed by atoms with Crippen molar-refractivity contribution in [1.82, 2.24) is 4.90 Å². The number of likely N-dealkylation sites (N-methyl/N-ethyl adjacent to an activating group) is 1. The lowest BCUT2D eigenvalue weighted by molar-refractivity contribution is -0.138. The molecule has 0 saturated heterocycles. The van der Waals surface area contributed by atoms with E-state index in [1.807, 2.05) is 13.8 Å². The predicted molar refractivity (Wildman–Crippen MR) is 105 cm³/mol. The molecule has 0 bridgehead atoms. The third-order valence-corrected chi connectivity index (χ3v) is 5.60. The van der Waals surface area contributed by atoms with E-state index in [9.17, 15) is 4.79 Å². The Morgan fingerprint density at radius 2 is 1.42 bits per heavy atom. The molecule has 0 aromatic carbocycles. The first kappa shape index (κ1) is 23.6. The summed E-state index contributed by atoms with van der Waals surface area (Å²) in [5.74, 6) is 0.0762. The molecule has 0 aliphatic rings. The summed E-state index contributed by atoms with van der Waals surface area (Å²) < 4.78 is 5.79. The SMILES string of the molecule is CCC(C)(C)CC(C)(C)CC(C)(C)N(C)CCOC(C)(C)C(C)=O. The second kappa shape index (κ2) is 8.31. The monoisotopic (exact) mass is 341 g/mol. The Labute approximate surface area is 151 Å². The first-order valence-electron chi connectivity index (χ1n) is 9.41. The molecule has 0 saturated carbocycles. The van der Waals surface area contributed by atoms with Gasteiger partial charge in [0.25, 0.3) is 0 Å². The summed E-state index contributed by atoms with van der Waals surface area (Å²) in [4.78, 5) is 13.9. The molecule has 0 heterocycles. The highest BCUT2D eigenvalue weighted by atomic mass is 16.5. The number of carbonyl (C=O) groups is 1. The number of nitrogens with zero attached hydrogens (tertiary/aromatic N) is 1. The first-order chi connectivity index (χ1) is 10.5. The first-order valence-corrected chi connectivity index (χ1v) is 9.41. The molecule has 0 N–H and O–H groups in total. The van der Waals surface area contributed by atoms with Crippen molar-refractivity contribution < 1.29 is 9.53 Å². The molecule has 0 unspecified atom stereocenters. The van der Waals surface area contributed by atoms with Crippen molar-refractivity contribution >= 4 is 5.78 Å². The third-order valence-electron chi connectivity index (χ3n) is 5.60. The standard InChI is InChI=1S/C21H43NO2/c1-12-18(3,4)15-19(5,6)16-20(7,8)22(11)13-14-24-21(9,10)17(2)23/h12-16H2,1-11H3. The molecule has 0 aliphatic heterocycles. The van der Waals surface area contributed by atoms with Gasteiger partial charge in [-0.05, 0) is 65.3 Å². The second-order valence-electron chi connectivity index (χ2n) is 10.2. The van der Waals surface area contributed by atoms with Crippen LogP contribution in [0.4, 0.5) is 0 Å². The maximum atomic E-state index is 11.5. The number of hydrogen-bond acceptors (Lipinski definition) is 3. The summed E-state index contributed by atoms with van der Waals surface area (Å²) in [6.07, 6.45) is 3.57. The van der Waals surface area contributed by atoms with Gasteiger partial charge in [-0.25, -0.2) is 0 Å². The molecule has 0 aromatic heterocycles. The maximum Gasteiger partial charge on any atom is 0.160 e. The molecule has 3 heteroatoms. The zero-order valence-electron chi connectivity index (χ0n) is 18.3. The summed E-state index contributed by atoms with van der Waals surface area (Å²) in [5, 5.41) is 0. The van der Waals surface area contributed by atoms with Crippen LogP contribution >= 0.6 is 0 Å². The largest absolute Gasteiger partial charge is 0.366 e. The molecular weight excluding hydrogens is 298 g/mol. The fourth-order valence-electron chi connectivity index (χ4n) is 3.63. The number of carbonyl (C=O) groups excluding carboxylic acids is 1. The van der Waals surface area contributed by atoms with E-state index in [1.165, 1.54) is 12.8 Å². The van der Waals surface area contributed by atoms with Crippen molar-refractivity contribution in [1.29, 1.82) is 0 Å². The minimum Gasteiger partial charge on any atom is -0.366 e. The van der Waals surface area contributed by atoms with Crippen molar-refractivity contribution in [3.63, 3.8) is 0 Å². The van der Waals surface area contributed by atoms with E-state index < -0.39 is 5.60 Å². The highest BCUT2D eigenvalue weighted by Gasteiger charge is 2.35. The normalized spacial score (nSPS) is 14.3. The van der Waals surface area contributed by atoms with Gasteiger partial charge in [-0.2, -0.15) is 0 Å². The van der Waals surface area contributed by atoms with E-state index in [1.54, 1.807) is 6.92 Å². The molecule has 0 radical (unpaired) electrons. The smallest absolute Gasteiger partial charge is 0.160 e. The molecule has 0 aromatic rings. The highest BCUT2D eigenvalue weighted by Crippen LogP contribution is 2.41. The number of rotatable bonds is 11. The lowest BCUT2D eigenvalue weighted by atomic mass is 9.69. The van der Waals surface area contributed by atoms with Gasteiger partial charge in [-0.15, -0.1) is 0 Å². The van der Waals surface area contributed by atoms with Crippen molar-refractivity contribution in [3.05, 3.63) is 0 Å². The Hall–Kier alpha value is -0.410. The van der Waals surface area contributed by atoms with Crippen molar-refractivity contribution in [2.45, 2.75) is 99.6 Å². The van der Waals surface area contributed by atoms with Crippen molar-refractivity contribution in [2.75, 3.05) is 20.2 Å². The fraction of sp³-hybridized carbons (Fsp3) is 0.952. The van der Waals surface area contributed by atoms with Gasteiger partial charge < -0.3 is 4.74 Å². The highest BCUT2D eigenvalue weighted by molar-refractivity contribution is 5.83. The predicted octanol–water partition coefficient (Wildman–Crippen LogP) is 5.32. The Morgan fingerprint density at radius 1 is 0.917 bits per heavy atom. The minimum absolute atomic E-state index is 0.0762. The van der Waals surface area contributed by atoms with Crippen LogP contribution in [0.1, 0.15) is 88.5 Å². The van der Waals surface area contributed by atoms with Gasteiger partial charge in [0.15, 0.2) is 5.78 Å². The molecule has 144 valence electrons. The molecular formula is C21H43NO2. The van der Waals surface area contributed by atoms with Crippen LogP contribution in [-0.4, -0.2) is 42.0 Å². The zero-order valence-corrected chi connectivity index (χ0v) is 18.3. The average molecular weight is 342 g/mol. The fourth-order valence-corrected chi connectivity index (χ4v) is 3.63. The van der Waals surface area contributed by atoms with Gasteiger partial charge in [-0.1, -0.05) is 41.0 Å². The van der Waals surface area contributed by atoms with Crippen LogP contribution in [0.15, 0.2) is 0 Å². The van der Waals surface area contributed by atoms with Crippen LogP contribution in [0.5, 0.6) is 0 Å². The number of ether oxygens (including phenoxy) is 1. The second-order valence-corrected chi connectivity index (χ2v) is 10.2. The molecule has 0 atom stereocenters. The van der Waals surface area contributed by atoms with Gasteiger partial charge in [0.1, 0.15) is 5.60 Å². The summed E-state index contributed by atoms with van der Waals surface area (Å²) in [6.45, 7) is 23.1. The van der Waals surface area contributed by atoms with Crippen LogP contribution in [0.3, 0.4) is 0 Å². The third kappa shape index (κ3) is 8.11. The van der Waals surface area contributed by atoms with E-state index in [-0.39, 0.29) is 16.7 Å². The molecule has 0 spiro atoms. The lowest BCUT2D eigenvalue weighted by Gasteiger charge is -2.44. The van der Waals surface area contributed by atoms with Crippen LogP contribution in [0.2, 0.25) is 0 Å². The Bertz CT molecular complexity index is 408. The quantitative estimate of drug-likeness (QED) is 0.509. The summed E-state index contributed by atoms with van der Waals surface area (Å²) in [5.41, 5.74) is 0.0794. The molecule has 0 rings (SSSR count). The van der Waals surface area contributed by atoms with Gasteiger partial charge in [0, 0.05) is 12.1 Å². The van der Waals surface area contributed by atoms with Crippen LogP contribution in [0.25, 0.3) is 0 Å². The topological polar surface area (TPSA) is 29.5 Å². The zero-order chi connectivity index (χ0) is 19.4. The van der Waals surface area contributed by atoms with Crippen LogP contribution in [0, 0.1) is 10.8 Å². The molecule has 3 nitrogen and oxygen atoms in total. The van der Waals surface area contributed by atoms with Gasteiger partial charge in [0.05, 0.1) is 6.61 Å². The molecule has 24 heavy (non-hydrogen) atoms. The van der Waals surface area contributed by atoms with Crippen LogP contribution < -0.4 is 0 Å². The van der Waals surface area contributed by atoms with E-state index in [4.69, 9.17) is 4.74 Å². The minimum atomic E-state index is -0.685. The average Bonchev–Trinajstić information content (AvgIpc) is 2.35. The van der Waals surface area contributed by atoms with Crippen molar-refractivity contribution in [3.8, 4) is 0 Å². The molecule has 0 amide bonds. The van der Waals surface area contributed by atoms with Crippen LogP contribution in [-0.2, 0) is 9.53 Å². The van der Waals surface area contributed by atoms with E-state index in [0.29, 0.717) is 12.0 Å². The summed E-state index contributed by atoms with van der Waals surface area (Å²) in [6, 6.07) is 0. The lowest BCUT2D eigenvalue weighted by Crippen LogP contribution is -2.47. The Kier molecular flexibility index (Phi) is 8.17. The number of ketones is 1. The van der Waals surface area contributed by atoms with E-state index >= 15 is 0 Å². The van der Waals surface area contributed by atoms with Gasteiger partial charge in [-0.3, -0.25) is 9.69 Å². The molecule has 0 fully saturated rings. The maximum absolute atomic E-state index is 11.5. The van der Waals surface area contributed by atoms with Gasteiger partial charge >= 0.3 is 0 Å². The Balaban J connectivity index is 4.67. The van der Waals surface area contributed by atoms with E-state index in [0.717, 1.165) is 13.0 Å². The van der Waals surface area contributed by atoms with E-state index in [2.05, 4.69) is 60.4 Å². The molecule has 0 aliphatic carbocycles. The number of Topliss-reactive ketones (excluding diaryl/α,β-unsaturated/α-hetero) is 1. The summed E-state index contributed by atoms with van der Waals surface area (Å²) >= 11 is 0. The summed E-state index contributed by atoms with van der Waals surface area (Å²) in [7, 11) is 2.16. The number of hydrogen-bond donors (Lipinski definition) is 0. The van der Waals surface area contributed by atoms with Gasteiger partial charge in [0.2, 0.25) is 0 Å².